The lowest BCUT2D eigenvalue weighted by Gasteiger charge is -2.22. The summed E-state index contributed by atoms with van der Waals surface area (Å²) in [5, 5.41) is 7.21. The predicted octanol–water partition coefficient (Wildman–Crippen LogP) is 3.07. The molecule has 1 aromatic carbocycles. The molecule has 0 bridgehead atoms. The molecule has 1 saturated carbocycles. The van der Waals surface area contributed by atoms with Crippen molar-refractivity contribution in [2.45, 2.75) is 32.2 Å². The number of benzene rings is 1. The smallest absolute Gasteiger partial charge is 0.0139 e. The second-order valence-electron chi connectivity index (χ2n) is 6.35. The van der Waals surface area contributed by atoms with Crippen molar-refractivity contribution < 1.29 is 0 Å². The van der Waals surface area contributed by atoms with E-state index in [0.29, 0.717) is 0 Å². The topological polar surface area (TPSA) is 24.1 Å². The van der Waals surface area contributed by atoms with Gasteiger partial charge in [0.1, 0.15) is 0 Å². The van der Waals surface area contributed by atoms with Crippen LogP contribution in [0.1, 0.15) is 31.7 Å². The van der Waals surface area contributed by atoms with Crippen molar-refractivity contribution in [1.82, 2.24) is 10.6 Å². The van der Waals surface area contributed by atoms with Gasteiger partial charge in [0.25, 0.3) is 0 Å². The molecule has 0 radical (unpaired) electrons. The minimum atomic E-state index is 0.727. The Hall–Kier alpha value is -1.12. The molecule has 2 N–H and O–H groups in total. The molecule has 1 aromatic rings. The number of hydrogen-bond donors (Lipinski definition) is 2. The first-order valence-corrected chi connectivity index (χ1v) is 8.00. The Bertz CT molecular complexity index is 446. The minimum absolute atomic E-state index is 0.727. The number of piperidine rings is 1. The van der Waals surface area contributed by atoms with Gasteiger partial charge in [0.15, 0.2) is 0 Å². The van der Waals surface area contributed by atoms with Gasteiger partial charge in [-0.1, -0.05) is 42.0 Å². The van der Waals surface area contributed by atoms with E-state index >= 15 is 0 Å². The minimum Gasteiger partial charge on any atom is -0.317 e. The lowest BCUT2D eigenvalue weighted by molar-refractivity contribution is 0.354. The molecule has 0 aromatic heterocycles. The van der Waals surface area contributed by atoms with Gasteiger partial charge < -0.3 is 10.6 Å². The first-order valence-electron chi connectivity index (χ1n) is 8.00. The first-order chi connectivity index (χ1) is 9.83. The quantitative estimate of drug-likeness (QED) is 0.859. The van der Waals surface area contributed by atoms with Gasteiger partial charge in [-0.05, 0) is 63.2 Å². The monoisotopic (exact) mass is 270 g/mol. The summed E-state index contributed by atoms with van der Waals surface area (Å²) in [6.07, 6.45) is 6.34. The Morgan fingerprint density at radius 3 is 2.75 bits per heavy atom. The number of nitrogens with one attached hydrogen (secondary N) is 2. The Kier molecular flexibility index (Phi) is 4.54. The van der Waals surface area contributed by atoms with Gasteiger partial charge in [-0.25, -0.2) is 0 Å². The highest BCUT2D eigenvalue weighted by molar-refractivity contribution is 5.53. The van der Waals surface area contributed by atoms with Crippen LogP contribution in [0.5, 0.6) is 0 Å². The Labute approximate surface area is 122 Å². The molecule has 1 aliphatic carbocycles. The van der Waals surface area contributed by atoms with E-state index in [0.717, 1.165) is 17.9 Å². The molecule has 2 atom stereocenters. The van der Waals surface area contributed by atoms with Gasteiger partial charge in [0, 0.05) is 6.04 Å². The summed E-state index contributed by atoms with van der Waals surface area (Å²) >= 11 is 0. The van der Waals surface area contributed by atoms with E-state index in [1.807, 2.05) is 0 Å². The maximum absolute atomic E-state index is 3.77. The second-order valence-corrected chi connectivity index (χ2v) is 6.35. The van der Waals surface area contributed by atoms with Crippen molar-refractivity contribution in [2.75, 3.05) is 19.6 Å². The lowest BCUT2D eigenvalue weighted by atomic mass is 9.98. The normalized spacial score (nSPS) is 27.6. The maximum atomic E-state index is 3.77. The van der Waals surface area contributed by atoms with Crippen molar-refractivity contribution in [2.24, 2.45) is 11.8 Å². The summed E-state index contributed by atoms with van der Waals surface area (Å²) in [7, 11) is 0. The molecule has 1 saturated heterocycles. The molecule has 2 fully saturated rings. The van der Waals surface area contributed by atoms with E-state index in [1.165, 1.54) is 50.0 Å². The van der Waals surface area contributed by atoms with E-state index in [-0.39, 0.29) is 0 Å². The van der Waals surface area contributed by atoms with Gasteiger partial charge in [0.2, 0.25) is 0 Å². The van der Waals surface area contributed by atoms with E-state index < -0.39 is 0 Å². The molecular weight excluding hydrogens is 244 g/mol. The fraction of sp³-hybridized carbons (Fsp3) is 0.556. The summed E-state index contributed by atoms with van der Waals surface area (Å²) in [5.41, 5.74) is 2.85. The first kappa shape index (κ1) is 13.8. The van der Waals surface area contributed by atoms with Crippen LogP contribution in [-0.2, 0) is 0 Å². The van der Waals surface area contributed by atoms with E-state index in [9.17, 15) is 0 Å². The van der Waals surface area contributed by atoms with Crippen LogP contribution >= 0.6 is 0 Å². The van der Waals surface area contributed by atoms with Gasteiger partial charge in [-0.15, -0.1) is 0 Å². The van der Waals surface area contributed by atoms with Crippen molar-refractivity contribution >= 4 is 6.08 Å². The molecule has 2 aliphatic rings. The molecule has 2 unspecified atom stereocenters. The van der Waals surface area contributed by atoms with Crippen molar-refractivity contribution in [3.8, 4) is 0 Å². The third-order valence-corrected chi connectivity index (χ3v) is 4.70. The molecule has 108 valence electrons. The Morgan fingerprint density at radius 2 is 2.00 bits per heavy atom. The van der Waals surface area contributed by atoms with Crippen molar-refractivity contribution in [3.05, 3.63) is 41.5 Å². The standard InChI is InChI=1S/C18H26N2/c1-14(11-15-5-3-2-4-6-15)17-12-18(17)20-13-16-7-9-19-10-8-16/h2-6,11,16-20H,7-10,12-13H2,1H3/b14-11+. The molecule has 20 heavy (non-hydrogen) atoms. The average molecular weight is 270 g/mol. The van der Waals surface area contributed by atoms with E-state index in [4.69, 9.17) is 0 Å². The van der Waals surface area contributed by atoms with Gasteiger partial charge in [-0.2, -0.15) is 0 Å². The molecule has 2 nitrogen and oxygen atoms in total. The second kappa shape index (κ2) is 6.55. The van der Waals surface area contributed by atoms with Gasteiger partial charge in [-0.3, -0.25) is 0 Å². The fourth-order valence-electron chi connectivity index (χ4n) is 3.25. The van der Waals surface area contributed by atoms with Crippen LogP contribution in [0.25, 0.3) is 6.08 Å². The zero-order valence-electron chi connectivity index (χ0n) is 12.4. The number of rotatable bonds is 5. The zero-order chi connectivity index (χ0) is 13.8. The number of hydrogen-bond acceptors (Lipinski definition) is 2. The average Bonchev–Trinajstić information content (AvgIpc) is 3.27. The summed E-state index contributed by atoms with van der Waals surface area (Å²) in [6.45, 7) is 5.89. The van der Waals surface area contributed by atoms with Crippen LogP contribution in [0, 0.1) is 11.8 Å². The molecular formula is C18H26N2. The molecule has 1 aliphatic heterocycles. The van der Waals surface area contributed by atoms with Crippen LogP contribution in [0.15, 0.2) is 35.9 Å². The van der Waals surface area contributed by atoms with Gasteiger partial charge >= 0.3 is 0 Å². The summed E-state index contributed by atoms with van der Waals surface area (Å²) in [4.78, 5) is 0. The van der Waals surface area contributed by atoms with Crippen molar-refractivity contribution in [1.29, 1.82) is 0 Å². The molecule has 1 heterocycles. The SMILES string of the molecule is C/C(=C\c1ccccc1)C1CC1NCC1CCNCC1. The summed E-state index contributed by atoms with van der Waals surface area (Å²) in [5.74, 6) is 1.65. The fourth-order valence-corrected chi connectivity index (χ4v) is 3.25. The Morgan fingerprint density at radius 1 is 1.25 bits per heavy atom. The predicted molar refractivity (Wildman–Crippen MR) is 85.6 cm³/mol. The van der Waals surface area contributed by atoms with Crippen LogP contribution in [0.3, 0.4) is 0 Å². The lowest BCUT2D eigenvalue weighted by Crippen LogP contribution is -2.34. The van der Waals surface area contributed by atoms with Crippen molar-refractivity contribution in [3.63, 3.8) is 0 Å². The van der Waals surface area contributed by atoms with Crippen LogP contribution in [0.4, 0.5) is 0 Å². The summed E-state index contributed by atoms with van der Waals surface area (Å²) < 4.78 is 0. The van der Waals surface area contributed by atoms with E-state index in [1.54, 1.807) is 0 Å². The highest BCUT2D eigenvalue weighted by Crippen LogP contribution is 2.38. The third-order valence-electron chi connectivity index (χ3n) is 4.70. The molecule has 0 amide bonds. The maximum Gasteiger partial charge on any atom is 0.0139 e. The summed E-state index contributed by atoms with van der Waals surface area (Å²) in [6, 6.07) is 11.4. The zero-order valence-corrected chi connectivity index (χ0v) is 12.4. The largest absolute Gasteiger partial charge is 0.317 e. The molecule has 2 heteroatoms. The Balaban J connectivity index is 1.45. The highest BCUT2D eigenvalue weighted by atomic mass is 15.0. The van der Waals surface area contributed by atoms with Crippen LogP contribution in [-0.4, -0.2) is 25.7 Å². The van der Waals surface area contributed by atoms with Gasteiger partial charge in [0.05, 0.1) is 0 Å². The highest BCUT2D eigenvalue weighted by Gasteiger charge is 2.37. The van der Waals surface area contributed by atoms with Crippen LogP contribution in [0.2, 0.25) is 0 Å². The third kappa shape index (κ3) is 3.71. The van der Waals surface area contributed by atoms with E-state index in [2.05, 4.69) is 54.0 Å². The van der Waals surface area contributed by atoms with Crippen LogP contribution < -0.4 is 10.6 Å². The molecule has 0 spiro atoms. The molecule has 3 rings (SSSR count).